The van der Waals surface area contributed by atoms with E-state index in [1.807, 2.05) is 13.8 Å². The van der Waals surface area contributed by atoms with Crippen LogP contribution >= 0.6 is 23.3 Å². The van der Waals surface area contributed by atoms with Crippen LogP contribution in [-0.4, -0.2) is 29.2 Å². The first-order valence-corrected chi connectivity index (χ1v) is 4.50. The summed E-state index contributed by atoms with van der Waals surface area (Å²) in [5.41, 5.74) is 0. The van der Waals surface area contributed by atoms with Gasteiger partial charge in [0.05, 0.1) is 0 Å². The van der Waals surface area contributed by atoms with Gasteiger partial charge in [-0.2, -0.15) is 0 Å². The number of carbonyl (C=O) groups is 1. The zero-order valence-electron chi connectivity index (χ0n) is 6.82. The maximum atomic E-state index is 10.1. The predicted octanol–water partition coefficient (Wildman–Crippen LogP) is 1.76. The molecule has 1 amide bonds. The van der Waals surface area contributed by atoms with Crippen molar-refractivity contribution in [2.75, 3.05) is 13.1 Å². The molecule has 0 radical (unpaired) electrons. The zero-order chi connectivity index (χ0) is 8.57. The first kappa shape index (κ1) is 17.6. The number of hydrogen-bond donors (Lipinski definition) is 3. The molecule has 0 aliphatic rings. The Morgan fingerprint density at radius 1 is 1.36 bits per heavy atom. The van der Waals surface area contributed by atoms with Gasteiger partial charge in [-0.05, 0) is 13.8 Å². The molecule has 0 saturated carbocycles. The molecule has 0 atom stereocenters. The van der Waals surface area contributed by atoms with Gasteiger partial charge in [-0.25, -0.2) is 4.79 Å². The SMILES string of the molecule is CCN(CC)C(=O)O.SS.[Zn]. The maximum Gasteiger partial charge on any atom is 0.407 e. The van der Waals surface area contributed by atoms with E-state index in [4.69, 9.17) is 5.11 Å². The number of amides is 1. The van der Waals surface area contributed by atoms with E-state index in [2.05, 4.69) is 23.3 Å². The quantitative estimate of drug-likeness (QED) is 0.396. The van der Waals surface area contributed by atoms with Gasteiger partial charge in [0.25, 0.3) is 0 Å². The maximum absolute atomic E-state index is 10.1. The Bertz CT molecular complexity index is 90.6. The van der Waals surface area contributed by atoms with Crippen molar-refractivity contribution < 1.29 is 29.4 Å². The summed E-state index contributed by atoms with van der Waals surface area (Å²) in [6.07, 6.45) is -0.838. The normalized spacial score (nSPS) is 6.91. The van der Waals surface area contributed by atoms with Crippen molar-refractivity contribution in [1.82, 2.24) is 4.90 Å². The summed E-state index contributed by atoms with van der Waals surface area (Å²) in [6.45, 7) is 4.78. The molecule has 0 aromatic rings. The molecule has 1 N–H and O–H groups in total. The average molecular weight is 249 g/mol. The molecule has 0 spiro atoms. The monoisotopic (exact) mass is 247 g/mol. The molecule has 0 fully saturated rings. The molecule has 64 valence electrons. The summed E-state index contributed by atoms with van der Waals surface area (Å²) in [6, 6.07) is 0. The Labute approximate surface area is 90.5 Å². The minimum atomic E-state index is -0.838. The van der Waals surface area contributed by atoms with Crippen molar-refractivity contribution in [1.29, 1.82) is 0 Å². The fraction of sp³-hybridized carbons (Fsp3) is 0.800. The first-order chi connectivity index (χ1) is 4.72. The molecule has 0 saturated heterocycles. The molecule has 0 rings (SSSR count). The fourth-order valence-corrected chi connectivity index (χ4v) is 0.494. The van der Waals surface area contributed by atoms with Crippen LogP contribution in [0.4, 0.5) is 4.79 Å². The van der Waals surface area contributed by atoms with Crippen molar-refractivity contribution in [3.8, 4) is 0 Å². The number of thiol groups is 2. The predicted molar refractivity (Wildman–Crippen MR) is 48.9 cm³/mol. The Kier molecular flexibility index (Phi) is 21.1. The van der Waals surface area contributed by atoms with Gasteiger partial charge < -0.3 is 10.0 Å². The smallest absolute Gasteiger partial charge is 0.407 e. The van der Waals surface area contributed by atoms with E-state index in [9.17, 15) is 4.79 Å². The van der Waals surface area contributed by atoms with E-state index in [-0.39, 0.29) is 19.5 Å². The van der Waals surface area contributed by atoms with E-state index in [1.54, 1.807) is 0 Å². The minimum Gasteiger partial charge on any atom is -0.465 e. The summed E-state index contributed by atoms with van der Waals surface area (Å²) in [7, 11) is 0. The molecule has 0 aliphatic heterocycles. The molecule has 0 bridgehead atoms. The number of hydrogen-bond acceptors (Lipinski definition) is 3. The Morgan fingerprint density at radius 2 is 1.64 bits per heavy atom. The van der Waals surface area contributed by atoms with Gasteiger partial charge >= 0.3 is 6.09 Å². The summed E-state index contributed by atoms with van der Waals surface area (Å²) in [4.78, 5) is 11.4. The van der Waals surface area contributed by atoms with Crippen LogP contribution in [0.1, 0.15) is 13.8 Å². The Hall–Kier alpha value is 0.593. The van der Waals surface area contributed by atoms with E-state index in [1.165, 1.54) is 4.90 Å². The van der Waals surface area contributed by atoms with E-state index < -0.39 is 6.09 Å². The minimum absolute atomic E-state index is 0. The molecule has 3 nitrogen and oxygen atoms in total. The summed E-state index contributed by atoms with van der Waals surface area (Å²) >= 11 is 6.44. The number of rotatable bonds is 2. The van der Waals surface area contributed by atoms with Gasteiger partial charge in [0.1, 0.15) is 0 Å². The van der Waals surface area contributed by atoms with Crippen LogP contribution in [0.2, 0.25) is 0 Å². The molecular formula is C5H13NO2S2Zn. The molecular weight excluding hydrogens is 236 g/mol. The van der Waals surface area contributed by atoms with Crippen LogP contribution in [0.3, 0.4) is 0 Å². The van der Waals surface area contributed by atoms with Gasteiger partial charge in [0.2, 0.25) is 0 Å². The van der Waals surface area contributed by atoms with E-state index in [0.29, 0.717) is 13.1 Å². The summed E-state index contributed by atoms with van der Waals surface area (Å²) < 4.78 is 0. The Morgan fingerprint density at radius 3 is 1.64 bits per heavy atom. The van der Waals surface area contributed by atoms with Crippen LogP contribution in [0.5, 0.6) is 0 Å². The van der Waals surface area contributed by atoms with Gasteiger partial charge in [0, 0.05) is 32.6 Å². The Balaban J connectivity index is -0.000000196. The second-order valence-corrected chi connectivity index (χ2v) is 1.45. The van der Waals surface area contributed by atoms with Crippen LogP contribution in [0.15, 0.2) is 0 Å². The van der Waals surface area contributed by atoms with Crippen molar-refractivity contribution in [3.63, 3.8) is 0 Å². The largest absolute Gasteiger partial charge is 0.465 e. The topological polar surface area (TPSA) is 40.5 Å². The second kappa shape index (κ2) is 13.2. The fourth-order valence-electron chi connectivity index (χ4n) is 0.494. The zero-order valence-corrected chi connectivity index (χ0v) is 11.6. The van der Waals surface area contributed by atoms with Crippen molar-refractivity contribution >= 4 is 29.4 Å². The van der Waals surface area contributed by atoms with Crippen LogP contribution in [0, 0.1) is 0 Å². The first-order valence-electron chi connectivity index (χ1n) is 2.90. The second-order valence-electron chi connectivity index (χ2n) is 1.45. The summed E-state index contributed by atoms with van der Waals surface area (Å²) in [5.74, 6) is 0. The summed E-state index contributed by atoms with van der Waals surface area (Å²) in [5, 5.41) is 8.30. The molecule has 0 unspecified atom stereocenters. The molecule has 11 heavy (non-hydrogen) atoms. The molecule has 0 heterocycles. The average Bonchev–Trinajstić information content (AvgIpc) is 1.94. The molecule has 0 aromatic carbocycles. The number of carboxylic acid groups (broad SMARTS) is 1. The van der Waals surface area contributed by atoms with Crippen LogP contribution < -0.4 is 0 Å². The van der Waals surface area contributed by atoms with Gasteiger partial charge in [-0.1, -0.05) is 0 Å². The third kappa shape index (κ3) is 10.6. The molecule has 0 aromatic heterocycles. The van der Waals surface area contributed by atoms with Crippen LogP contribution in [-0.2, 0) is 19.5 Å². The third-order valence-corrected chi connectivity index (χ3v) is 1.03. The standard InChI is InChI=1S/C5H11NO2.H2S2.Zn/c1-3-6(4-2)5(7)8;1-2;/h3-4H2,1-2H3,(H,7,8);1-2H;. The van der Waals surface area contributed by atoms with Gasteiger partial charge in [-0.3, -0.25) is 0 Å². The molecule has 0 aliphatic carbocycles. The molecule has 6 heteroatoms. The van der Waals surface area contributed by atoms with E-state index >= 15 is 0 Å². The van der Waals surface area contributed by atoms with Crippen molar-refractivity contribution in [3.05, 3.63) is 0 Å². The third-order valence-electron chi connectivity index (χ3n) is 1.03. The van der Waals surface area contributed by atoms with Gasteiger partial charge in [0.15, 0.2) is 0 Å². The van der Waals surface area contributed by atoms with Gasteiger partial charge in [-0.15, -0.1) is 23.3 Å². The number of nitrogens with zero attached hydrogens (tertiary/aromatic N) is 1. The van der Waals surface area contributed by atoms with E-state index in [0.717, 1.165) is 0 Å². The van der Waals surface area contributed by atoms with Crippen LogP contribution in [0.25, 0.3) is 0 Å². The van der Waals surface area contributed by atoms with Crippen molar-refractivity contribution in [2.45, 2.75) is 13.8 Å². The van der Waals surface area contributed by atoms with Crippen molar-refractivity contribution in [2.24, 2.45) is 0 Å².